The van der Waals surface area contributed by atoms with Gasteiger partial charge in [-0.1, -0.05) is 80.1 Å². The highest BCUT2D eigenvalue weighted by Gasteiger charge is 2.85. The van der Waals surface area contributed by atoms with E-state index in [4.69, 9.17) is 0 Å². The molecule has 338 valence electrons. The Bertz CT molecular complexity index is 1790. The van der Waals surface area contributed by atoms with Gasteiger partial charge in [-0.2, -0.15) is 12.7 Å². The summed E-state index contributed by atoms with van der Waals surface area (Å²) in [5, 5.41) is 3.29. The summed E-state index contributed by atoms with van der Waals surface area (Å²) in [6, 6.07) is -1.51. The van der Waals surface area contributed by atoms with Gasteiger partial charge in [0, 0.05) is 49.9 Å². The van der Waals surface area contributed by atoms with E-state index in [0.717, 1.165) is 90.0 Å². The Labute approximate surface area is 361 Å². The van der Waals surface area contributed by atoms with E-state index in [1.165, 1.54) is 4.31 Å². The van der Waals surface area contributed by atoms with E-state index in [9.17, 15) is 27.6 Å². The molecule has 0 aromatic heterocycles. The Hall–Kier alpha value is -2.38. The summed E-state index contributed by atoms with van der Waals surface area (Å²) in [6.07, 6.45) is 13.8. The average molecular weight is 856 g/mol. The zero-order valence-electron chi connectivity index (χ0n) is 38.2. The van der Waals surface area contributed by atoms with Crippen LogP contribution in [-0.2, 0) is 34.2 Å². The van der Waals surface area contributed by atoms with Gasteiger partial charge >= 0.3 is 10.2 Å². The first-order valence-corrected chi connectivity index (χ1v) is 25.3. The minimum atomic E-state index is -4.03. The minimum absolute atomic E-state index is 0.0128. The molecule has 3 aliphatic heterocycles. The molecule has 13 heteroatoms. The quantitative estimate of drug-likeness (QED) is 0.188. The van der Waals surface area contributed by atoms with E-state index in [-0.39, 0.29) is 76.4 Å². The van der Waals surface area contributed by atoms with Crippen molar-refractivity contribution in [2.45, 2.75) is 195 Å². The molecular formula is C47H77N5O7S. The molecule has 7 aliphatic rings. The zero-order chi connectivity index (χ0) is 43.6. The van der Waals surface area contributed by atoms with Gasteiger partial charge in [-0.15, -0.1) is 0 Å². The lowest BCUT2D eigenvalue weighted by atomic mass is 9.73. The highest BCUT2D eigenvalue weighted by atomic mass is 32.2. The molecule has 7 rings (SSSR count). The summed E-state index contributed by atoms with van der Waals surface area (Å²) >= 11 is 0. The van der Waals surface area contributed by atoms with Crippen LogP contribution >= 0.6 is 0 Å². The predicted molar refractivity (Wildman–Crippen MR) is 231 cm³/mol. The van der Waals surface area contributed by atoms with Crippen molar-refractivity contribution in [2.24, 2.45) is 44.8 Å². The maximum absolute atomic E-state index is 15.4. The Balaban J connectivity index is 1.15. The van der Waals surface area contributed by atoms with Crippen LogP contribution in [0.25, 0.3) is 0 Å². The molecule has 4 saturated carbocycles. The second kappa shape index (κ2) is 16.6. The molecule has 12 nitrogen and oxygen atoms in total. The number of Topliss-reactive ketones (excluding diaryl/α,β-unsaturated/α-hetero) is 2. The normalized spacial score (nSPS) is 32.8. The molecule has 0 unspecified atom stereocenters. The number of carbonyl (C=O) groups is 5. The summed E-state index contributed by atoms with van der Waals surface area (Å²) < 4.78 is 30.2. The van der Waals surface area contributed by atoms with E-state index in [2.05, 4.69) is 42.6 Å². The van der Waals surface area contributed by atoms with Crippen molar-refractivity contribution in [3.05, 3.63) is 0 Å². The van der Waals surface area contributed by atoms with E-state index < -0.39 is 44.9 Å². The van der Waals surface area contributed by atoms with Crippen LogP contribution in [0.15, 0.2) is 0 Å². The fourth-order valence-corrected chi connectivity index (χ4v) is 14.9. The van der Waals surface area contributed by atoms with Crippen molar-refractivity contribution in [1.29, 1.82) is 0 Å². The van der Waals surface area contributed by atoms with Crippen molar-refractivity contribution >= 4 is 39.5 Å². The molecule has 0 aromatic rings. The molecule has 3 saturated heterocycles. The van der Waals surface area contributed by atoms with Crippen LogP contribution in [0.5, 0.6) is 0 Å². The van der Waals surface area contributed by atoms with Crippen molar-refractivity contribution in [2.75, 3.05) is 26.2 Å². The third-order valence-electron chi connectivity index (χ3n) is 17.8. The molecule has 60 heavy (non-hydrogen) atoms. The summed E-state index contributed by atoms with van der Waals surface area (Å²) in [4.78, 5) is 77.4. The number of piperidine rings is 1. The lowest BCUT2D eigenvalue weighted by molar-refractivity contribution is -0.147. The van der Waals surface area contributed by atoms with Crippen molar-refractivity contribution in [1.82, 2.24) is 24.1 Å². The predicted octanol–water partition coefficient (Wildman–Crippen LogP) is 6.57. The highest BCUT2D eigenvalue weighted by molar-refractivity contribution is 7.87. The third kappa shape index (κ3) is 7.83. The van der Waals surface area contributed by atoms with Crippen LogP contribution in [0.1, 0.15) is 171 Å². The van der Waals surface area contributed by atoms with Gasteiger partial charge in [0.05, 0.1) is 23.5 Å². The Morgan fingerprint density at radius 3 is 1.98 bits per heavy atom. The highest BCUT2D eigenvalue weighted by Crippen LogP contribution is 2.88. The molecule has 3 heterocycles. The van der Waals surface area contributed by atoms with Crippen LogP contribution in [0, 0.1) is 44.8 Å². The lowest BCUT2D eigenvalue weighted by Crippen LogP contribution is -2.57. The average Bonchev–Trinajstić information content (AvgIpc) is 3.63. The van der Waals surface area contributed by atoms with Crippen LogP contribution in [0.2, 0.25) is 0 Å². The summed E-state index contributed by atoms with van der Waals surface area (Å²) in [5.74, 6) is -2.03. The van der Waals surface area contributed by atoms with Crippen molar-refractivity contribution < 1.29 is 32.4 Å². The molecule has 0 aromatic carbocycles. The van der Waals surface area contributed by atoms with Gasteiger partial charge in [0.2, 0.25) is 17.7 Å². The van der Waals surface area contributed by atoms with Gasteiger partial charge in [-0.3, -0.25) is 28.9 Å². The van der Waals surface area contributed by atoms with Gasteiger partial charge in [-0.25, -0.2) is 4.72 Å². The Morgan fingerprint density at radius 2 is 1.43 bits per heavy atom. The molecule has 2 N–H and O–H groups in total. The van der Waals surface area contributed by atoms with E-state index >= 15 is 4.79 Å². The number of ketones is 2. The summed E-state index contributed by atoms with van der Waals surface area (Å²) in [7, 11) is -4.03. The lowest BCUT2D eigenvalue weighted by Gasteiger charge is -2.40. The van der Waals surface area contributed by atoms with Gasteiger partial charge in [0.25, 0.3) is 0 Å². The molecule has 7 atom stereocenters. The summed E-state index contributed by atoms with van der Waals surface area (Å²) in [6.45, 7) is 18.8. The van der Waals surface area contributed by atoms with Gasteiger partial charge in [0.1, 0.15) is 0 Å². The Morgan fingerprint density at radius 1 is 0.800 bits per heavy atom. The first-order chi connectivity index (χ1) is 28.2. The number of carbonyl (C=O) groups excluding carboxylic acids is 5. The van der Waals surface area contributed by atoms with E-state index in [1.54, 1.807) is 4.90 Å². The molecule has 3 amide bonds. The largest absolute Gasteiger partial charge is 0.345 e. The number of rotatable bonds is 15. The third-order valence-corrected chi connectivity index (χ3v) is 19.3. The van der Waals surface area contributed by atoms with Crippen LogP contribution < -0.4 is 10.0 Å². The number of hydrogen-bond donors (Lipinski definition) is 2. The Kier molecular flexibility index (Phi) is 12.7. The van der Waals surface area contributed by atoms with Crippen LogP contribution in [0.3, 0.4) is 0 Å². The maximum Gasteiger partial charge on any atom is 0.303 e. The standard InChI is InChI=1S/C47H77N5O7S/c1-9-33-27-45(33,42(57)49-60(58,59)50-23-15-16-24-50)29-38(54)36-28-47(44(7,8)46(47)21-17-22-46)30-52(36)41(56)34(43(4,5)6)26-37(53)39(32-18-11-10-12-19-32)48-40(55)35-20-13-14-25-51(35)31(2)3/h31-36,39H,9-30H2,1-8H3,(H,48,55)(H,49,57)/t33-,34-,35+,36+,39+,45-,47-/m1/s1. The zero-order valence-corrected chi connectivity index (χ0v) is 39.0. The fourth-order valence-electron chi connectivity index (χ4n) is 13.6. The van der Waals surface area contributed by atoms with Crippen LogP contribution in [0.4, 0.5) is 0 Å². The molecule has 2 spiro atoms. The number of fused-ring (bicyclic) bond motifs is 1. The van der Waals surface area contributed by atoms with Crippen molar-refractivity contribution in [3.8, 4) is 0 Å². The molecule has 7 fully saturated rings. The second-order valence-electron chi connectivity index (χ2n) is 22.3. The maximum atomic E-state index is 15.4. The SMILES string of the molecule is CC[C@@H]1C[C@]1(CC(=O)[C@@H]1C[C@@]2(CN1C(=O)[C@@H](CC(=O)[C@@H](NC(=O)[C@@H]1CCCCN1C(C)C)C1CCCCC1)C(C)(C)C)C(C)(C)C21CCC1)C(=O)NS(=O)(=O)N1CCCC1. The van der Waals surface area contributed by atoms with E-state index in [1.807, 2.05) is 27.7 Å². The van der Waals surface area contributed by atoms with Gasteiger partial charge < -0.3 is 10.2 Å². The smallest absolute Gasteiger partial charge is 0.303 e. The molecule has 0 radical (unpaired) electrons. The summed E-state index contributed by atoms with van der Waals surface area (Å²) in [5.41, 5.74) is -2.04. The van der Waals surface area contributed by atoms with Crippen molar-refractivity contribution in [3.63, 3.8) is 0 Å². The number of nitrogens with zero attached hydrogens (tertiary/aromatic N) is 3. The fraction of sp³-hybridized carbons (Fsp3) is 0.894. The topological polar surface area (TPSA) is 153 Å². The van der Waals surface area contributed by atoms with Gasteiger partial charge in [0.15, 0.2) is 11.6 Å². The first kappa shape index (κ1) is 45.6. The monoisotopic (exact) mass is 856 g/mol. The van der Waals surface area contributed by atoms with Crippen LogP contribution in [-0.4, -0.2) is 102 Å². The van der Waals surface area contributed by atoms with E-state index in [0.29, 0.717) is 38.9 Å². The number of nitrogens with one attached hydrogen (secondary N) is 2. The molecular weight excluding hydrogens is 779 g/mol. The second-order valence-corrected chi connectivity index (χ2v) is 24.0. The molecule has 0 bridgehead atoms. The molecule has 4 aliphatic carbocycles. The number of hydrogen-bond acceptors (Lipinski definition) is 8. The minimum Gasteiger partial charge on any atom is -0.345 e. The number of amides is 3. The number of likely N-dealkylation sites (tertiary alicyclic amines) is 2. The first-order valence-electron chi connectivity index (χ1n) is 23.9. The van der Waals surface area contributed by atoms with Gasteiger partial charge in [-0.05, 0) is 113 Å².